The average molecular weight is 416 g/mol. The Morgan fingerprint density at radius 1 is 1.32 bits per heavy atom. The first-order valence-electron chi connectivity index (χ1n) is 8.38. The molecular weight excluding hydrogens is 394 g/mol. The Bertz CT molecular complexity index is 1160. The molecule has 0 radical (unpaired) electrons. The van der Waals surface area contributed by atoms with Crippen molar-refractivity contribution in [1.29, 1.82) is 0 Å². The summed E-state index contributed by atoms with van der Waals surface area (Å²) in [5.41, 5.74) is 8.31. The van der Waals surface area contributed by atoms with Gasteiger partial charge in [-0.1, -0.05) is 12.6 Å². The highest BCUT2D eigenvalue weighted by molar-refractivity contribution is 7.90. The van der Waals surface area contributed by atoms with Crippen molar-refractivity contribution in [3.8, 4) is 0 Å². The van der Waals surface area contributed by atoms with Crippen molar-refractivity contribution in [2.45, 2.75) is 11.5 Å². The van der Waals surface area contributed by atoms with E-state index in [1.807, 2.05) is 18.2 Å². The van der Waals surface area contributed by atoms with Crippen molar-refractivity contribution in [3.63, 3.8) is 0 Å². The molecule has 3 rings (SSSR count). The Hall–Kier alpha value is -2.68. The van der Waals surface area contributed by atoms with Gasteiger partial charge in [0.2, 0.25) is 0 Å². The fraction of sp³-hybridized carbons (Fsp3) is 0.150. The summed E-state index contributed by atoms with van der Waals surface area (Å²) in [6, 6.07) is 12.4. The summed E-state index contributed by atoms with van der Waals surface area (Å²) in [5, 5.41) is 3.96. The molecular formula is C20H21N3O3S2. The lowest BCUT2D eigenvalue weighted by molar-refractivity contribution is 0.187. The molecule has 0 bridgehead atoms. The highest BCUT2D eigenvalue weighted by Gasteiger charge is 2.09. The number of ether oxygens (including phenoxy) is 1. The van der Waals surface area contributed by atoms with E-state index in [9.17, 15) is 8.42 Å². The predicted octanol–water partition coefficient (Wildman–Crippen LogP) is 4.04. The Kier molecular flexibility index (Phi) is 5.83. The number of methoxy groups -OCH3 is 1. The predicted molar refractivity (Wildman–Crippen MR) is 117 cm³/mol. The summed E-state index contributed by atoms with van der Waals surface area (Å²) in [6.45, 7) is 4.41. The normalized spacial score (nSPS) is 11.9. The molecule has 0 saturated heterocycles. The summed E-state index contributed by atoms with van der Waals surface area (Å²) >= 11 is 1.65. The Balaban J connectivity index is 1.78. The summed E-state index contributed by atoms with van der Waals surface area (Å²) in [6.07, 6.45) is 2.80. The molecule has 0 aliphatic carbocycles. The number of nitrogens with two attached hydrogens (primary N) is 1. The van der Waals surface area contributed by atoms with Crippen LogP contribution >= 0.6 is 11.3 Å². The highest BCUT2D eigenvalue weighted by Crippen LogP contribution is 2.32. The third-order valence-electron chi connectivity index (χ3n) is 4.02. The van der Waals surface area contributed by atoms with Gasteiger partial charge in [0.05, 0.1) is 11.5 Å². The van der Waals surface area contributed by atoms with E-state index in [0.29, 0.717) is 23.8 Å². The zero-order valence-corrected chi connectivity index (χ0v) is 17.2. The number of nitrogen functional groups attached to an aromatic ring is 1. The molecule has 3 N–H and O–H groups in total. The fourth-order valence-electron chi connectivity index (χ4n) is 2.68. The minimum atomic E-state index is -3.28. The van der Waals surface area contributed by atoms with Gasteiger partial charge >= 0.3 is 0 Å². The molecule has 0 spiro atoms. The fourth-order valence-corrected chi connectivity index (χ4v) is 4.40. The van der Waals surface area contributed by atoms with Gasteiger partial charge in [-0.2, -0.15) is 0 Å². The van der Waals surface area contributed by atoms with E-state index in [-0.39, 0.29) is 4.90 Å². The number of aliphatic imine (C=N–C) groups is 1. The summed E-state index contributed by atoms with van der Waals surface area (Å²) in [5.74, 6) is 0.371. The Labute approximate surface area is 168 Å². The van der Waals surface area contributed by atoms with Crippen molar-refractivity contribution in [3.05, 3.63) is 65.3 Å². The molecule has 0 aliphatic rings. The molecule has 3 aromatic rings. The third-order valence-corrected chi connectivity index (χ3v) is 6.21. The van der Waals surface area contributed by atoms with E-state index < -0.39 is 9.84 Å². The van der Waals surface area contributed by atoms with Gasteiger partial charge in [0.1, 0.15) is 5.82 Å². The minimum Gasteiger partial charge on any atom is -0.398 e. The maximum Gasteiger partial charge on any atom is 0.175 e. The Morgan fingerprint density at radius 3 is 2.82 bits per heavy atom. The molecule has 1 aromatic heterocycles. The lowest BCUT2D eigenvalue weighted by atomic mass is 10.1. The molecule has 8 heteroatoms. The van der Waals surface area contributed by atoms with E-state index in [1.54, 1.807) is 48.9 Å². The molecule has 1 heterocycles. The highest BCUT2D eigenvalue weighted by atomic mass is 32.2. The number of sulfone groups is 1. The van der Waals surface area contributed by atoms with Gasteiger partial charge in [0, 0.05) is 51.5 Å². The van der Waals surface area contributed by atoms with Crippen LogP contribution in [-0.4, -0.2) is 28.0 Å². The van der Waals surface area contributed by atoms with Crippen LogP contribution in [0.15, 0.2) is 64.8 Å². The molecule has 28 heavy (non-hydrogen) atoms. The molecule has 0 aliphatic heterocycles. The second kappa shape index (κ2) is 8.14. The zero-order valence-electron chi connectivity index (χ0n) is 15.6. The zero-order chi connectivity index (χ0) is 20.3. The smallest absolute Gasteiger partial charge is 0.175 e. The van der Waals surface area contributed by atoms with Crippen LogP contribution in [0, 0.1) is 0 Å². The monoisotopic (exact) mass is 415 g/mol. The lowest BCUT2D eigenvalue weighted by Crippen LogP contribution is -2.01. The maximum atomic E-state index is 11.7. The van der Waals surface area contributed by atoms with Gasteiger partial charge in [-0.25, -0.2) is 13.4 Å². The number of nitrogens with one attached hydrogen (secondary N) is 1. The largest absolute Gasteiger partial charge is 0.398 e. The van der Waals surface area contributed by atoms with E-state index in [0.717, 1.165) is 20.5 Å². The molecule has 0 amide bonds. The van der Waals surface area contributed by atoms with Gasteiger partial charge < -0.3 is 15.8 Å². The number of hydrogen-bond donors (Lipinski definition) is 2. The van der Waals surface area contributed by atoms with Crippen LogP contribution in [-0.2, 0) is 21.2 Å². The number of rotatable bonds is 7. The summed E-state index contributed by atoms with van der Waals surface area (Å²) in [7, 11) is -1.61. The second-order valence-corrected chi connectivity index (χ2v) is 9.44. The first-order chi connectivity index (χ1) is 13.3. The van der Waals surface area contributed by atoms with Crippen LogP contribution in [0.2, 0.25) is 0 Å². The van der Waals surface area contributed by atoms with Crippen LogP contribution in [0.1, 0.15) is 10.4 Å². The molecule has 2 aromatic carbocycles. The topological polar surface area (TPSA) is 93.8 Å². The van der Waals surface area contributed by atoms with Gasteiger partial charge in [-0.3, -0.25) is 0 Å². The third kappa shape index (κ3) is 4.59. The van der Waals surface area contributed by atoms with Crippen LogP contribution < -0.4 is 11.1 Å². The quantitative estimate of drug-likeness (QED) is 0.449. The van der Waals surface area contributed by atoms with E-state index in [1.165, 1.54) is 6.26 Å². The molecule has 0 atom stereocenters. The molecule has 0 saturated carbocycles. The average Bonchev–Trinajstić information content (AvgIpc) is 3.05. The minimum absolute atomic E-state index is 0.230. The number of thiophene rings is 1. The molecule has 0 fully saturated rings. The number of benzene rings is 2. The van der Waals surface area contributed by atoms with Crippen molar-refractivity contribution in [2.24, 2.45) is 4.99 Å². The summed E-state index contributed by atoms with van der Waals surface area (Å²) in [4.78, 5) is 5.65. The van der Waals surface area contributed by atoms with Crippen molar-refractivity contribution in [2.75, 3.05) is 24.4 Å². The number of anilines is 2. The maximum absolute atomic E-state index is 11.7. The van der Waals surface area contributed by atoms with Crippen molar-refractivity contribution >= 4 is 48.8 Å². The molecule has 146 valence electrons. The number of nitrogens with zero attached hydrogens (tertiary/aromatic N) is 1. The number of hydrogen-bond acceptors (Lipinski definition) is 7. The van der Waals surface area contributed by atoms with Crippen LogP contribution in [0.3, 0.4) is 0 Å². The SMILES string of the molecule is C=C(/N=C\c1ccc2sc(COC)cc2c1N)Nc1cccc(S(C)(=O)=O)c1. The van der Waals surface area contributed by atoms with E-state index in [4.69, 9.17) is 10.5 Å². The Morgan fingerprint density at radius 2 is 2.11 bits per heavy atom. The summed E-state index contributed by atoms with van der Waals surface area (Å²) < 4.78 is 29.6. The lowest BCUT2D eigenvalue weighted by Gasteiger charge is -2.07. The van der Waals surface area contributed by atoms with Gasteiger partial charge in [0.15, 0.2) is 9.84 Å². The first kappa shape index (κ1) is 20.1. The van der Waals surface area contributed by atoms with Gasteiger partial charge in [0.25, 0.3) is 0 Å². The van der Waals surface area contributed by atoms with Crippen LogP contribution in [0.4, 0.5) is 11.4 Å². The van der Waals surface area contributed by atoms with Crippen LogP contribution in [0.25, 0.3) is 10.1 Å². The van der Waals surface area contributed by atoms with Gasteiger partial charge in [-0.15, -0.1) is 11.3 Å². The standard InChI is InChI=1S/C20H21N3O3S2/c1-13(23-15-5-4-6-17(9-15)28(3,24)25)22-11-14-7-8-19-18(20(14)21)10-16(27-19)12-26-2/h4-11,23H,1,12,21H2,2-3H3/b22-11-. The number of fused-ring (bicyclic) bond motifs is 1. The molecule has 0 unspecified atom stereocenters. The van der Waals surface area contributed by atoms with Crippen molar-refractivity contribution < 1.29 is 13.2 Å². The van der Waals surface area contributed by atoms with Crippen LogP contribution in [0.5, 0.6) is 0 Å². The first-order valence-corrected chi connectivity index (χ1v) is 11.1. The van der Waals surface area contributed by atoms with E-state index >= 15 is 0 Å². The van der Waals surface area contributed by atoms with E-state index in [2.05, 4.69) is 16.9 Å². The van der Waals surface area contributed by atoms with Crippen molar-refractivity contribution in [1.82, 2.24) is 0 Å². The molecule has 6 nitrogen and oxygen atoms in total. The second-order valence-electron chi connectivity index (χ2n) is 6.26. The van der Waals surface area contributed by atoms with Gasteiger partial charge in [-0.05, 0) is 36.4 Å².